The number of hydrogen-bond acceptors (Lipinski definition) is 6. The van der Waals surface area contributed by atoms with E-state index in [9.17, 15) is 4.79 Å². The third-order valence-corrected chi connectivity index (χ3v) is 6.34. The first-order valence-corrected chi connectivity index (χ1v) is 10.3. The summed E-state index contributed by atoms with van der Waals surface area (Å²) >= 11 is 1.44. The topological polar surface area (TPSA) is 54.4 Å². The standard InChI is InChI=1S/C20H25N3O3S/c1-25-19(24)20(9-3-15-27-20)21-18-4-2-10-23(18)17-7-5-16(6-8-17)22-11-13-26-14-12-22/h3,5-8,15H,2,4,9-14H2,1H3/b21-18+. The van der Waals surface area contributed by atoms with Crippen LogP contribution in [-0.4, -0.2) is 56.6 Å². The second kappa shape index (κ2) is 7.94. The summed E-state index contributed by atoms with van der Waals surface area (Å²) < 4.78 is 10.5. The maximum absolute atomic E-state index is 12.4. The molecule has 2 saturated heterocycles. The van der Waals surface area contributed by atoms with Crippen LogP contribution < -0.4 is 9.80 Å². The summed E-state index contributed by atoms with van der Waals surface area (Å²) in [6.07, 6.45) is 4.49. The molecule has 1 aromatic carbocycles. The Morgan fingerprint density at radius 3 is 2.59 bits per heavy atom. The number of hydrogen-bond donors (Lipinski definition) is 0. The highest BCUT2D eigenvalue weighted by atomic mass is 32.2. The molecule has 0 saturated carbocycles. The number of aliphatic imine (C=N–C) groups is 1. The van der Waals surface area contributed by atoms with Crippen LogP contribution in [0, 0.1) is 0 Å². The molecule has 0 spiro atoms. The van der Waals surface area contributed by atoms with Gasteiger partial charge in [0.1, 0.15) is 5.84 Å². The van der Waals surface area contributed by atoms with Crippen LogP contribution in [0.5, 0.6) is 0 Å². The second-order valence-electron chi connectivity index (χ2n) is 6.87. The number of morpholine rings is 1. The third-order valence-electron chi connectivity index (χ3n) is 5.20. The molecule has 1 unspecified atom stereocenters. The van der Waals surface area contributed by atoms with Gasteiger partial charge in [-0.2, -0.15) is 0 Å². The molecule has 0 N–H and O–H groups in total. The summed E-state index contributed by atoms with van der Waals surface area (Å²) in [4.78, 5) is 21.0. The van der Waals surface area contributed by atoms with E-state index in [1.165, 1.54) is 24.6 Å². The number of carbonyl (C=O) groups is 1. The van der Waals surface area contributed by atoms with Gasteiger partial charge in [0, 0.05) is 43.9 Å². The highest BCUT2D eigenvalue weighted by Gasteiger charge is 2.42. The molecule has 3 heterocycles. The lowest BCUT2D eigenvalue weighted by atomic mass is 10.2. The van der Waals surface area contributed by atoms with Gasteiger partial charge in [0.05, 0.1) is 20.3 Å². The smallest absolute Gasteiger partial charge is 0.345 e. The Hall–Kier alpha value is -1.99. The van der Waals surface area contributed by atoms with Crippen LogP contribution in [0.15, 0.2) is 40.7 Å². The lowest BCUT2D eigenvalue weighted by molar-refractivity contribution is -0.143. The molecule has 2 fully saturated rings. The first kappa shape index (κ1) is 18.4. The van der Waals surface area contributed by atoms with Crippen LogP contribution in [0.1, 0.15) is 19.3 Å². The van der Waals surface area contributed by atoms with Gasteiger partial charge in [-0.25, -0.2) is 9.79 Å². The number of rotatable bonds is 4. The number of ether oxygens (including phenoxy) is 2. The Labute approximate surface area is 164 Å². The average molecular weight is 388 g/mol. The van der Waals surface area contributed by atoms with Crippen molar-refractivity contribution >= 4 is 34.9 Å². The van der Waals surface area contributed by atoms with E-state index in [0.717, 1.165) is 57.2 Å². The number of methoxy groups -OCH3 is 1. The zero-order valence-corrected chi connectivity index (χ0v) is 16.4. The SMILES string of the molecule is COC(=O)C1(/N=C2\CCCN2c2ccc(N3CCOCC3)cc2)CC=CS1. The number of anilines is 2. The van der Waals surface area contributed by atoms with E-state index in [4.69, 9.17) is 14.5 Å². The van der Waals surface area contributed by atoms with Crippen molar-refractivity contribution in [2.45, 2.75) is 24.1 Å². The molecule has 7 heteroatoms. The lowest BCUT2D eigenvalue weighted by Crippen LogP contribution is -2.36. The molecule has 27 heavy (non-hydrogen) atoms. The molecular formula is C20H25N3O3S. The van der Waals surface area contributed by atoms with Crippen molar-refractivity contribution in [1.29, 1.82) is 0 Å². The van der Waals surface area contributed by atoms with Gasteiger partial charge in [-0.1, -0.05) is 17.8 Å². The minimum absolute atomic E-state index is 0.278. The Bertz CT molecular complexity index is 733. The molecule has 0 radical (unpaired) electrons. The Kier molecular flexibility index (Phi) is 5.41. The number of nitrogens with zero attached hydrogens (tertiary/aromatic N) is 3. The van der Waals surface area contributed by atoms with Crippen LogP contribution in [-0.2, 0) is 14.3 Å². The van der Waals surface area contributed by atoms with Crippen LogP contribution in [0.4, 0.5) is 11.4 Å². The van der Waals surface area contributed by atoms with Gasteiger partial charge < -0.3 is 19.3 Å². The maximum atomic E-state index is 12.4. The minimum atomic E-state index is -0.861. The van der Waals surface area contributed by atoms with E-state index in [0.29, 0.717) is 6.42 Å². The summed E-state index contributed by atoms with van der Waals surface area (Å²) in [6.45, 7) is 4.35. The van der Waals surface area contributed by atoms with Crippen molar-refractivity contribution in [3.05, 3.63) is 35.7 Å². The Morgan fingerprint density at radius 2 is 1.93 bits per heavy atom. The molecule has 1 aromatic rings. The van der Waals surface area contributed by atoms with E-state index >= 15 is 0 Å². The molecule has 1 atom stereocenters. The van der Waals surface area contributed by atoms with E-state index in [1.54, 1.807) is 0 Å². The monoisotopic (exact) mass is 387 g/mol. The van der Waals surface area contributed by atoms with Crippen LogP contribution in [0.3, 0.4) is 0 Å². The number of carbonyl (C=O) groups excluding carboxylic acids is 1. The quantitative estimate of drug-likeness (QED) is 0.740. The van der Waals surface area contributed by atoms with Gasteiger partial charge in [0.25, 0.3) is 0 Å². The van der Waals surface area contributed by atoms with Gasteiger partial charge >= 0.3 is 5.97 Å². The Balaban J connectivity index is 1.55. The van der Waals surface area contributed by atoms with Crippen LogP contribution in [0.2, 0.25) is 0 Å². The average Bonchev–Trinajstić information content (AvgIpc) is 3.39. The molecule has 144 valence electrons. The molecule has 0 aromatic heterocycles. The van der Waals surface area contributed by atoms with E-state index < -0.39 is 4.87 Å². The van der Waals surface area contributed by atoms with Crippen molar-refractivity contribution in [2.75, 3.05) is 49.8 Å². The zero-order chi connectivity index (χ0) is 18.7. The van der Waals surface area contributed by atoms with Crippen molar-refractivity contribution < 1.29 is 14.3 Å². The van der Waals surface area contributed by atoms with E-state index in [2.05, 4.69) is 34.1 Å². The zero-order valence-electron chi connectivity index (χ0n) is 15.6. The van der Waals surface area contributed by atoms with Gasteiger partial charge in [-0.3, -0.25) is 0 Å². The van der Waals surface area contributed by atoms with Gasteiger partial charge in [-0.15, -0.1) is 0 Å². The molecule has 4 rings (SSSR count). The normalized spacial score (nSPS) is 26.8. The Morgan fingerprint density at radius 1 is 1.19 bits per heavy atom. The van der Waals surface area contributed by atoms with Crippen molar-refractivity contribution in [3.63, 3.8) is 0 Å². The molecular weight excluding hydrogens is 362 g/mol. The fraction of sp³-hybridized carbons (Fsp3) is 0.500. The van der Waals surface area contributed by atoms with Crippen molar-refractivity contribution in [3.8, 4) is 0 Å². The minimum Gasteiger partial charge on any atom is -0.467 e. The molecule has 0 aliphatic carbocycles. The predicted molar refractivity (Wildman–Crippen MR) is 110 cm³/mol. The maximum Gasteiger partial charge on any atom is 0.345 e. The largest absolute Gasteiger partial charge is 0.467 e. The summed E-state index contributed by atoms with van der Waals surface area (Å²) in [5.41, 5.74) is 2.35. The predicted octanol–water partition coefficient (Wildman–Crippen LogP) is 3.04. The molecule has 3 aliphatic rings. The fourth-order valence-corrected chi connectivity index (χ4v) is 4.70. The molecule has 6 nitrogen and oxygen atoms in total. The summed E-state index contributed by atoms with van der Waals surface area (Å²) in [5, 5.41) is 1.94. The summed E-state index contributed by atoms with van der Waals surface area (Å²) in [7, 11) is 1.43. The lowest BCUT2D eigenvalue weighted by Gasteiger charge is -2.29. The van der Waals surface area contributed by atoms with Crippen molar-refractivity contribution in [2.24, 2.45) is 4.99 Å². The second-order valence-corrected chi connectivity index (χ2v) is 8.05. The van der Waals surface area contributed by atoms with Crippen LogP contribution in [0.25, 0.3) is 0 Å². The van der Waals surface area contributed by atoms with E-state index in [-0.39, 0.29) is 5.97 Å². The number of esters is 1. The summed E-state index contributed by atoms with van der Waals surface area (Å²) in [6, 6.07) is 8.63. The molecule has 0 bridgehead atoms. The fourth-order valence-electron chi connectivity index (χ4n) is 3.75. The first-order chi connectivity index (χ1) is 13.2. The number of amidine groups is 1. The highest BCUT2D eigenvalue weighted by Crippen LogP contribution is 2.40. The molecule has 3 aliphatic heterocycles. The van der Waals surface area contributed by atoms with Crippen LogP contribution >= 0.6 is 11.8 Å². The van der Waals surface area contributed by atoms with Gasteiger partial charge in [-0.05, 0) is 36.1 Å². The number of thioether (sulfide) groups is 1. The van der Waals surface area contributed by atoms with Gasteiger partial charge in [0.15, 0.2) is 0 Å². The summed E-state index contributed by atoms with van der Waals surface area (Å²) in [5.74, 6) is 0.690. The highest BCUT2D eigenvalue weighted by molar-refractivity contribution is 8.04. The van der Waals surface area contributed by atoms with Crippen molar-refractivity contribution in [1.82, 2.24) is 0 Å². The molecule has 0 amide bonds. The first-order valence-electron chi connectivity index (χ1n) is 9.42. The number of benzene rings is 1. The third kappa shape index (κ3) is 3.71. The van der Waals surface area contributed by atoms with E-state index in [1.807, 2.05) is 11.5 Å². The van der Waals surface area contributed by atoms with Gasteiger partial charge in [0.2, 0.25) is 4.87 Å².